The van der Waals surface area contributed by atoms with Crippen LogP contribution in [0.4, 0.5) is 5.82 Å². The van der Waals surface area contributed by atoms with Crippen molar-refractivity contribution in [2.24, 2.45) is 0 Å². The van der Waals surface area contributed by atoms with Gasteiger partial charge >= 0.3 is 0 Å². The molecule has 0 amide bonds. The minimum atomic E-state index is 0.734. The average Bonchev–Trinajstić information content (AvgIpc) is 2.49. The lowest BCUT2D eigenvalue weighted by Gasteiger charge is -2.28. The van der Waals surface area contributed by atoms with E-state index in [0.29, 0.717) is 0 Å². The van der Waals surface area contributed by atoms with E-state index in [2.05, 4.69) is 20.1 Å². The number of hydrogen-bond donors (Lipinski definition) is 0. The lowest BCUT2D eigenvalue weighted by atomic mass is 10.1. The van der Waals surface area contributed by atoms with Gasteiger partial charge < -0.3 is 9.64 Å². The Morgan fingerprint density at radius 1 is 1.06 bits per heavy atom. The van der Waals surface area contributed by atoms with E-state index < -0.39 is 0 Å². The third-order valence-electron chi connectivity index (χ3n) is 2.96. The molecule has 0 bridgehead atoms. The lowest BCUT2D eigenvalue weighted by molar-refractivity contribution is 0.122. The zero-order valence-electron chi connectivity index (χ0n) is 9.99. The van der Waals surface area contributed by atoms with Crippen LogP contribution in [0.25, 0.3) is 11.3 Å². The van der Waals surface area contributed by atoms with E-state index in [0.717, 1.165) is 43.4 Å². The van der Waals surface area contributed by atoms with Gasteiger partial charge in [-0.1, -0.05) is 30.3 Å². The molecule has 1 aromatic carbocycles. The largest absolute Gasteiger partial charge is 0.378 e. The maximum absolute atomic E-state index is 5.36. The van der Waals surface area contributed by atoms with E-state index in [1.54, 1.807) is 0 Å². The third kappa shape index (κ3) is 2.17. The first-order valence-corrected chi connectivity index (χ1v) is 6.01. The maximum atomic E-state index is 5.36. The predicted octanol–water partition coefficient (Wildman–Crippen LogP) is 1.38. The second-order valence-electron chi connectivity index (χ2n) is 4.10. The summed E-state index contributed by atoms with van der Waals surface area (Å²) >= 11 is 0. The number of aromatic nitrogens is 3. The molecule has 0 spiro atoms. The third-order valence-corrected chi connectivity index (χ3v) is 2.96. The van der Waals surface area contributed by atoms with Gasteiger partial charge in [-0.25, -0.2) is 4.98 Å². The topological polar surface area (TPSA) is 51.1 Å². The molecule has 5 nitrogen and oxygen atoms in total. The number of anilines is 1. The zero-order chi connectivity index (χ0) is 12.2. The monoisotopic (exact) mass is 242 g/mol. The molecule has 1 aliphatic rings. The Kier molecular flexibility index (Phi) is 3.14. The van der Waals surface area contributed by atoms with Gasteiger partial charge in [0.25, 0.3) is 0 Å². The Balaban J connectivity index is 1.99. The molecule has 0 unspecified atom stereocenters. The highest BCUT2D eigenvalue weighted by atomic mass is 16.5. The van der Waals surface area contributed by atoms with Gasteiger partial charge in [-0.2, -0.15) is 0 Å². The molecule has 0 radical (unpaired) electrons. The number of nitrogens with zero attached hydrogens (tertiary/aromatic N) is 4. The normalized spacial score (nSPS) is 15.7. The fraction of sp³-hybridized carbons (Fsp3) is 0.308. The number of benzene rings is 1. The summed E-state index contributed by atoms with van der Waals surface area (Å²) in [6, 6.07) is 10.0. The van der Waals surface area contributed by atoms with Crippen molar-refractivity contribution in [3.05, 3.63) is 36.7 Å². The van der Waals surface area contributed by atoms with Crippen LogP contribution in [0.2, 0.25) is 0 Å². The maximum Gasteiger partial charge on any atom is 0.159 e. The molecule has 1 fully saturated rings. The van der Waals surface area contributed by atoms with Crippen molar-refractivity contribution in [2.75, 3.05) is 31.2 Å². The van der Waals surface area contributed by atoms with Gasteiger partial charge in [-0.3, -0.25) is 0 Å². The molecule has 0 aliphatic carbocycles. The summed E-state index contributed by atoms with van der Waals surface area (Å²) in [5, 5.41) is 8.13. The second-order valence-corrected chi connectivity index (χ2v) is 4.10. The van der Waals surface area contributed by atoms with Crippen molar-refractivity contribution in [2.45, 2.75) is 0 Å². The minimum Gasteiger partial charge on any atom is -0.378 e. The molecule has 0 saturated carbocycles. The number of ether oxygens (including phenoxy) is 1. The number of hydrogen-bond acceptors (Lipinski definition) is 5. The van der Waals surface area contributed by atoms with E-state index in [1.165, 1.54) is 6.33 Å². The molecule has 0 atom stereocenters. The summed E-state index contributed by atoms with van der Waals surface area (Å²) in [7, 11) is 0. The summed E-state index contributed by atoms with van der Waals surface area (Å²) in [5.41, 5.74) is 1.87. The standard InChI is InChI=1S/C13H14N4O/c1-2-4-11(5-3-1)12-13(14-10-15-16-12)17-6-8-18-9-7-17/h1-5,10H,6-9H2. The van der Waals surface area contributed by atoms with Crippen molar-refractivity contribution in [3.63, 3.8) is 0 Å². The van der Waals surface area contributed by atoms with E-state index >= 15 is 0 Å². The van der Waals surface area contributed by atoms with Crippen LogP contribution in [0.3, 0.4) is 0 Å². The molecule has 1 saturated heterocycles. The molecular weight excluding hydrogens is 228 g/mol. The molecule has 18 heavy (non-hydrogen) atoms. The van der Waals surface area contributed by atoms with Crippen molar-refractivity contribution < 1.29 is 4.74 Å². The number of morpholine rings is 1. The van der Waals surface area contributed by atoms with Gasteiger partial charge in [0.1, 0.15) is 12.0 Å². The highest BCUT2D eigenvalue weighted by Crippen LogP contribution is 2.25. The van der Waals surface area contributed by atoms with Crippen molar-refractivity contribution >= 4 is 5.82 Å². The fourth-order valence-electron chi connectivity index (χ4n) is 2.06. The Morgan fingerprint density at radius 3 is 2.61 bits per heavy atom. The highest BCUT2D eigenvalue weighted by Gasteiger charge is 2.18. The average molecular weight is 242 g/mol. The molecule has 92 valence electrons. The van der Waals surface area contributed by atoms with Gasteiger partial charge in [0.2, 0.25) is 0 Å². The SMILES string of the molecule is c1ccc(-c2nncnc2N2CCOCC2)cc1. The van der Waals surface area contributed by atoms with E-state index in [4.69, 9.17) is 4.74 Å². The first kappa shape index (κ1) is 11.1. The van der Waals surface area contributed by atoms with Gasteiger partial charge in [0.05, 0.1) is 13.2 Å². The highest BCUT2D eigenvalue weighted by molar-refractivity contribution is 5.71. The molecule has 3 rings (SSSR count). The molecule has 5 heteroatoms. The quantitative estimate of drug-likeness (QED) is 0.796. The van der Waals surface area contributed by atoms with Gasteiger partial charge in [0.15, 0.2) is 5.82 Å². The van der Waals surface area contributed by atoms with Crippen LogP contribution in [0.5, 0.6) is 0 Å². The van der Waals surface area contributed by atoms with Gasteiger partial charge in [-0.15, -0.1) is 10.2 Å². The number of rotatable bonds is 2. The van der Waals surface area contributed by atoms with Crippen LogP contribution in [0.1, 0.15) is 0 Å². The summed E-state index contributed by atoms with van der Waals surface area (Å²) < 4.78 is 5.36. The second kappa shape index (κ2) is 5.10. The molecule has 0 N–H and O–H groups in total. The summed E-state index contributed by atoms with van der Waals surface area (Å²) in [4.78, 5) is 6.57. The van der Waals surface area contributed by atoms with E-state index in [-0.39, 0.29) is 0 Å². The van der Waals surface area contributed by atoms with Crippen LogP contribution in [-0.2, 0) is 4.74 Å². The molecule has 1 aromatic heterocycles. The molecule has 2 aromatic rings. The molecule has 1 aliphatic heterocycles. The van der Waals surface area contributed by atoms with Crippen molar-refractivity contribution in [1.82, 2.24) is 15.2 Å². The van der Waals surface area contributed by atoms with Crippen molar-refractivity contribution in [1.29, 1.82) is 0 Å². The Hall–Kier alpha value is -2.01. The molecular formula is C13H14N4O. The summed E-state index contributed by atoms with van der Waals surface area (Å²) in [5.74, 6) is 0.888. The lowest BCUT2D eigenvalue weighted by Crippen LogP contribution is -2.37. The molecule has 2 heterocycles. The minimum absolute atomic E-state index is 0.734. The summed E-state index contributed by atoms with van der Waals surface area (Å²) in [6.07, 6.45) is 1.50. The Morgan fingerprint density at radius 2 is 1.83 bits per heavy atom. The van der Waals surface area contributed by atoms with Gasteiger partial charge in [-0.05, 0) is 0 Å². The van der Waals surface area contributed by atoms with E-state index in [1.807, 2.05) is 30.3 Å². The van der Waals surface area contributed by atoms with Crippen molar-refractivity contribution in [3.8, 4) is 11.3 Å². The van der Waals surface area contributed by atoms with Crippen LogP contribution in [0, 0.1) is 0 Å². The first-order chi connectivity index (χ1) is 8.95. The fourth-order valence-corrected chi connectivity index (χ4v) is 2.06. The zero-order valence-corrected chi connectivity index (χ0v) is 9.99. The van der Waals surface area contributed by atoms with Crippen LogP contribution in [-0.4, -0.2) is 41.5 Å². The van der Waals surface area contributed by atoms with Crippen LogP contribution in [0.15, 0.2) is 36.7 Å². The van der Waals surface area contributed by atoms with Crippen LogP contribution < -0.4 is 4.90 Å². The van der Waals surface area contributed by atoms with Gasteiger partial charge in [0, 0.05) is 18.7 Å². The van der Waals surface area contributed by atoms with Crippen LogP contribution >= 0.6 is 0 Å². The predicted molar refractivity (Wildman–Crippen MR) is 68.3 cm³/mol. The first-order valence-electron chi connectivity index (χ1n) is 6.01. The smallest absolute Gasteiger partial charge is 0.159 e. The Labute approximate surface area is 105 Å². The van der Waals surface area contributed by atoms with E-state index in [9.17, 15) is 0 Å². The summed E-state index contributed by atoms with van der Waals surface area (Å²) in [6.45, 7) is 3.16. The Bertz CT molecular complexity index is 511.